The zero-order chi connectivity index (χ0) is 15.7. The summed E-state index contributed by atoms with van der Waals surface area (Å²) in [6, 6.07) is -0.365. The van der Waals surface area contributed by atoms with Gasteiger partial charge in [0.1, 0.15) is 0 Å². The molecule has 0 aromatic carbocycles. The third-order valence-electron chi connectivity index (χ3n) is 5.05. The molecule has 0 radical (unpaired) electrons. The van der Waals surface area contributed by atoms with Gasteiger partial charge < -0.3 is 11.1 Å². The Hall–Kier alpha value is -0.780. The molecule has 2 saturated carbocycles. The Kier molecular flexibility index (Phi) is 4.85. The molecule has 0 aromatic rings. The predicted octanol–water partition coefficient (Wildman–Crippen LogP) is 3.13. The van der Waals surface area contributed by atoms with Crippen molar-refractivity contribution in [3.05, 3.63) is 0 Å². The van der Waals surface area contributed by atoms with Crippen molar-refractivity contribution in [1.82, 2.24) is 5.32 Å². The molecule has 2 aliphatic carbocycles. The molecule has 21 heavy (non-hydrogen) atoms. The molecule has 4 atom stereocenters. The maximum Gasteiger partial charge on any atom is 0.391 e. The highest BCUT2D eigenvalue weighted by Gasteiger charge is 2.43. The van der Waals surface area contributed by atoms with Crippen molar-refractivity contribution >= 4 is 5.91 Å². The Morgan fingerprint density at radius 1 is 1.19 bits per heavy atom. The second kappa shape index (κ2) is 6.15. The van der Waals surface area contributed by atoms with Crippen LogP contribution in [0.25, 0.3) is 0 Å². The highest BCUT2D eigenvalue weighted by Crippen LogP contribution is 2.38. The van der Waals surface area contributed by atoms with Gasteiger partial charge in [-0.2, -0.15) is 13.2 Å². The number of halogens is 3. The van der Waals surface area contributed by atoms with Gasteiger partial charge in [-0.05, 0) is 39.0 Å². The lowest BCUT2D eigenvalue weighted by Gasteiger charge is -2.39. The zero-order valence-corrected chi connectivity index (χ0v) is 12.5. The van der Waals surface area contributed by atoms with Gasteiger partial charge >= 0.3 is 6.18 Å². The maximum atomic E-state index is 12.8. The molecule has 0 spiro atoms. The first kappa shape index (κ1) is 16.6. The molecule has 0 aromatic heterocycles. The molecular weight excluding hydrogens is 281 g/mol. The van der Waals surface area contributed by atoms with Crippen LogP contribution >= 0.6 is 0 Å². The van der Waals surface area contributed by atoms with Gasteiger partial charge in [0.25, 0.3) is 0 Å². The largest absolute Gasteiger partial charge is 0.391 e. The number of carbonyl (C=O) groups is 1. The van der Waals surface area contributed by atoms with E-state index in [0.717, 1.165) is 25.7 Å². The van der Waals surface area contributed by atoms with Crippen LogP contribution in [0.3, 0.4) is 0 Å². The van der Waals surface area contributed by atoms with Crippen molar-refractivity contribution in [3.63, 3.8) is 0 Å². The third kappa shape index (κ3) is 4.11. The number of nitrogens with two attached hydrogens (primary N) is 1. The van der Waals surface area contributed by atoms with E-state index in [1.165, 1.54) is 0 Å². The lowest BCUT2D eigenvalue weighted by atomic mass is 9.74. The summed E-state index contributed by atoms with van der Waals surface area (Å²) in [6.45, 7) is 1.87. The Morgan fingerprint density at radius 2 is 1.90 bits per heavy atom. The SMILES string of the molecule is CC1(N)CCCCC1C(=O)NC1CCCC(C(F)(F)F)C1. The molecule has 2 aliphatic rings. The Balaban J connectivity index is 1.93. The molecule has 6 heteroatoms. The van der Waals surface area contributed by atoms with Gasteiger partial charge in [-0.25, -0.2) is 0 Å². The van der Waals surface area contributed by atoms with Gasteiger partial charge in [-0.3, -0.25) is 4.79 Å². The number of rotatable bonds is 2. The quantitative estimate of drug-likeness (QED) is 0.823. The number of nitrogens with one attached hydrogen (secondary N) is 1. The normalized spacial score (nSPS) is 38.0. The molecule has 3 N–H and O–H groups in total. The van der Waals surface area contributed by atoms with Crippen LogP contribution in [-0.4, -0.2) is 23.7 Å². The van der Waals surface area contributed by atoms with E-state index in [1.54, 1.807) is 0 Å². The van der Waals surface area contributed by atoms with Gasteiger partial charge in [-0.15, -0.1) is 0 Å². The van der Waals surface area contributed by atoms with Crippen LogP contribution in [0.5, 0.6) is 0 Å². The summed E-state index contributed by atoms with van der Waals surface area (Å²) in [5, 5.41) is 2.83. The molecule has 1 amide bonds. The second-order valence-electron chi connectivity index (χ2n) is 6.91. The Morgan fingerprint density at radius 3 is 2.52 bits per heavy atom. The highest BCUT2D eigenvalue weighted by atomic mass is 19.4. The monoisotopic (exact) mass is 306 g/mol. The van der Waals surface area contributed by atoms with Crippen LogP contribution in [0, 0.1) is 11.8 Å². The summed E-state index contributed by atoms with van der Waals surface area (Å²) in [4.78, 5) is 12.4. The average molecular weight is 306 g/mol. The third-order valence-corrected chi connectivity index (χ3v) is 5.05. The zero-order valence-electron chi connectivity index (χ0n) is 12.5. The standard InChI is InChI=1S/C15H25F3N2O/c1-14(19)8-3-2-7-12(14)13(21)20-11-6-4-5-10(9-11)15(16,17)18/h10-12H,2-9,19H2,1H3,(H,20,21). The van der Waals surface area contributed by atoms with Crippen molar-refractivity contribution in [2.24, 2.45) is 17.6 Å². The summed E-state index contributed by atoms with van der Waals surface area (Å²) in [6.07, 6.45) is 0.659. The minimum Gasteiger partial charge on any atom is -0.353 e. The summed E-state index contributed by atoms with van der Waals surface area (Å²) in [5.74, 6) is -1.72. The van der Waals surface area contributed by atoms with Crippen molar-refractivity contribution in [2.45, 2.75) is 76.0 Å². The van der Waals surface area contributed by atoms with E-state index in [9.17, 15) is 18.0 Å². The van der Waals surface area contributed by atoms with Crippen molar-refractivity contribution in [2.75, 3.05) is 0 Å². The highest BCUT2D eigenvalue weighted by molar-refractivity contribution is 5.80. The number of carbonyl (C=O) groups excluding carboxylic acids is 1. The molecule has 2 rings (SSSR count). The lowest BCUT2D eigenvalue weighted by Crippen LogP contribution is -2.55. The maximum absolute atomic E-state index is 12.8. The molecule has 3 nitrogen and oxygen atoms in total. The Bertz CT molecular complexity index is 382. The van der Waals surface area contributed by atoms with Crippen LogP contribution in [0.4, 0.5) is 13.2 Å². The second-order valence-corrected chi connectivity index (χ2v) is 6.91. The van der Waals surface area contributed by atoms with Gasteiger partial charge in [0.05, 0.1) is 11.8 Å². The van der Waals surface area contributed by atoms with E-state index in [4.69, 9.17) is 5.73 Å². The van der Waals surface area contributed by atoms with Crippen molar-refractivity contribution in [1.29, 1.82) is 0 Å². The molecule has 0 bridgehead atoms. The molecule has 0 heterocycles. The van der Waals surface area contributed by atoms with Crippen LogP contribution in [0.2, 0.25) is 0 Å². The summed E-state index contributed by atoms with van der Waals surface area (Å²) in [7, 11) is 0. The molecule has 2 fully saturated rings. The first-order valence-corrected chi connectivity index (χ1v) is 7.86. The lowest BCUT2D eigenvalue weighted by molar-refractivity contribution is -0.184. The fourth-order valence-electron chi connectivity index (χ4n) is 3.71. The van der Waals surface area contributed by atoms with Crippen LogP contribution < -0.4 is 11.1 Å². The fraction of sp³-hybridized carbons (Fsp3) is 0.933. The average Bonchev–Trinajstić information content (AvgIpc) is 2.37. The fourth-order valence-corrected chi connectivity index (χ4v) is 3.71. The predicted molar refractivity (Wildman–Crippen MR) is 74.5 cm³/mol. The van der Waals surface area contributed by atoms with Gasteiger partial charge in [0.2, 0.25) is 5.91 Å². The molecule has 4 unspecified atom stereocenters. The van der Waals surface area contributed by atoms with E-state index in [-0.39, 0.29) is 30.7 Å². The van der Waals surface area contributed by atoms with Crippen LogP contribution in [0.15, 0.2) is 0 Å². The van der Waals surface area contributed by atoms with Gasteiger partial charge in [0.15, 0.2) is 0 Å². The summed E-state index contributed by atoms with van der Waals surface area (Å²) < 4.78 is 38.4. The molecule has 122 valence electrons. The molecular formula is C15H25F3N2O. The number of alkyl halides is 3. The number of hydrogen-bond donors (Lipinski definition) is 2. The topological polar surface area (TPSA) is 55.1 Å². The van der Waals surface area contributed by atoms with E-state index in [2.05, 4.69) is 5.32 Å². The summed E-state index contributed by atoms with van der Waals surface area (Å²) >= 11 is 0. The minimum atomic E-state index is -4.16. The molecule has 0 aliphatic heterocycles. The number of hydrogen-bond acceptors (Lipinski definition) is 2. The number of amides is 1. The van der Waals surface area contributed by atoms with Gasteiger partial charge in [-0.1, -0.05) is 19.3 Å². The van der Waals surface area contributed by atoms with Crippen molar-refractivity contribution < 1.29 is 18.0 Å². The van der Waals surface area contributed by atoms with E-state index < -0.39 is 17.6 Å². The minimum absolute atomic E-state index is 0.00322. The van der Waals surface area contributed by atoms with Crippen molar-refractivity contribution in [3.8, 4) is 0 Å². The Labute approximate surface area is 123 Å². The van der Waals surface area contributed by atoms with E-state index in [1.807, 2.05) is 6.92 Å². The first-order valence-electron chi connectivity index (χ1n) is 7.86. The first-order chi connectivity index (χ1) is 9.70. The smallest absolute Gasteiger partial charge is 0.353 e. The van der Waals surface area contributed by atoms with E-state index in [0.29, 0.717) is 12.8 Å². The van der Waals surface area contributed by atoms with Crippen LogP contribution in [-0.2, 0) is 4.79 Å². The van der Waals surface area contributed by atoms with Gasteiger partial charge in [0, 0.05) is 11.6 Å². The summed E-state index contributed by atoms with van der Waals surface area (Å²) in [5.41, 5.74) is 5.64. The van der Waals surface area contributed by atoms with Crippen LogP contribution in [0.1, 0.15) is 58.3 Å². The molecule has 0 saturated heterocycles. The van der Waals surface area contributed by atoms with E-state index >= 15 is 0 Å².